The van der Waals surface area contributed by atoms with Crippen molar-refractivity contribution in [3.8, 4) is 0 Å². The van der Waals surface area contributed by atoms with Gasteiger partial charge in [-0.1, -0.05) is 29.3 Å². The average molecular weight is 323 g/mol. The van der Waals surface area contributed by atoms with Crippen molar-refractivity contribution in [2.75, 3.05) is 13.6 Å². The molecule has 2 aromatic rings. The summed E-state index contributed by atoms with van der Waals surface area (Å²) in [5.41, 5.74) is 2.35. The van der Waals surface area contributed by atoms with Gasteiger partial charge in [0, 0.05) is 22.8 Å². The van der Waals surface area contributed by atoms with Crippen molar-refractivity contribution in [1.82, 2.24) is 9.88 Å². The number of pyridine rings is 1. The minimum Gasteiger partial charge on any atom is -0.293 e. The molecule has 1 heterocycles. The summed E-state index contributed by atoms with van der Waals surface area (Å²) in [6.07, 6.45) is 0. The van der Waals surface area contributed by atoms with Crippen molar-refractivity contribution in [3.05, 3.63) is 63.4 Å². The van der Waals surface area contributed by atoms with E-state index in [-0.39, 0.29) is 12.3 Å². The Morgan fingerprint density at radius 1 is 1.24 bits per heavy atom. The van der Waals surface area contributed by atoms with Crippen LogP contribution < -0.4 is 0 Å². The van der Waals surface area contributed by atoms with Crippen LogP contribution in [-0.4, -0.2) is 29.3 Å². The lowest BCUT2D eigenvalue weighted by molar-refractivity contribution is 0.0942. The number of halogens is 2. The quantitative estimate of drug-likeness (QED) is 0.780. The Balaban J connectivity index is 2.03. The van der Waals surface area contributed by atoms with Gasteiger partial charge in [-0.15, -0.1) is 0 Å². The molecule has 21 heavy (non-hydrogen) atoms. The smallest absolute Gasteiger partial charge is 0.178 e. The molecule has 1 aromatic heterocycles. The predicted molar refractivity (Wildman–Crippen MR) is 86.1 cm³/mol. The molecule has 110 valence electrons. The molecule has 0 atom stereocenters. The number of aromatic nitrogens is 1. The number of carbonyl (C=O) groups excluding carboxylic acids is 1. The first-order valence-corrected chi connectivity index (χ1v) is 7.30. The van der Waals surface area contributed by atoms with E-state index in [0.717, 1.165) is 11.4 Å². The Kier molecular flexibility index (Phi) is 5.34. The molecule has 2 rings (SSSR count). The van der Waals surface area contributed by atoms with E-state index in [1.54, 1.807) is 18.2 Å². The van der Waals surface area contributed by atoms with Gasteiger partial charge < -0.3 is 0 Å². The predicted octanol–water partition coefficient (Wildman–Crippen LogP) is 4.01. The third-order valence-corrected chi connectivity index (χ3v) is 3.58. The summed E-state index contributed by atoms with van der Waals surface area (Å²) >= 11 is 12.0. The summed E-state index contributed by atoms with van der Waals surface area (Å²) < 4.78 is 0. The number of hydrogen-bond acceptors (Lipinski definition) is 3. The number of Topliss-reactive ketones (excluding diaryl/α,β-unsaturated/α-hetero) is 1. The molecule has 0 aliphatic rings. The van der Waals surface area contributed by atoms with Gasteiger partial charge in [-0.2, -0.15) is 0 Å². The zero-order valence-electron chi connectivity index (χ0n) is 11.9. The monoisotopic (exact) mass is 322 g/mol. The van der Waals surface area contributed by atoms with Gasteiger partial charge >= 0.3 is 0 Å². The molecule has 0 spiro atoms. The number of benzene rings is 1. The number of carbonyl (C=O) groups is 1. The second kappa shape index (κ2) is 7.03. The minimum absolute atomic E-state index is 0.0577. The van der Waals surface area contributed by atoms with Gasteiger partial charge in [0.1, 0.15) is 0 Å². The molecular formula is C16H16Cl2N2O. The largest absolute Gasteiger partial charge is 0.293 e. The zero-order valence-corrected chi connectivity index (χ0v) is 13.4. The van der Waals surface area contributed by atoms with Crippen molar-refractivity contribution in [3.63, 3.8) is 0 Å². The first kappa shape index (κ1) is 16.0. The molecule has 1 aromatic carbocycles. The normalized spacial score (nSPS) is 10.9. The van der Waals surface area contributed by atoms with E-state index in [9.17, 15) is 4.79 Å². The Hall–Kier alpha value is -1.42. The highest BCUT2D eigenvalue weighted by Gasteiger charge is 2.14. The van der Waals surface area contributed by atoms with Crippen LogP contribution in [-0.2, 0) is 6.54 Å². The van der Waals surface area contributed by atoms with Gasteiger partial charge in [0.05, 0.1) is 17.3 Å². The van der Waals surface area contributed by atoms with E-state index in [1.807, 2.05) is 37.1 Å². The molecule has 3 nitrogen and oxygen atoms in total. The van der Waals surface area contributed by atoms with Gasteiger partial charge in [0.2, 0.25) is 0 Å². The molecule has 0 saturated carbocycles. The van der Waals surface area contributed by atoms with Gasteiger partial charge in [0.15, 0.2) is 5.78 Å². The summed E-state index contributed by atoms with van der Waals surface area (Å²) in [6, 6.07) is 10.8. The highest BCUT2D eigenvalue weighted by atomic mass is 35.5. The van der Waals surface area contributed by atoms with E-state index in [4.69, 9.17) is 23.2 Å². The zero-order chi connectivity index (χ0) is 15.4. The number of hydrogen-bond donors (Lipinski definition) is 0. The van der Waals surface area contributed by atoms with Crippen LogP contribution in [0.25, 0.3) is 0 Å². The van der Waals surface area contributed by atoms with Crippen LogP contribution in [0.4, 0.5) is 0 Å². The fourth-order valence-corrected chi connectivity index (χ4v) is 2.46. The molecule has 0 bridgehead atoms. The fraction of sp³-hybridized carbons (Fsp3) is 0.250. The van der Waals surface area contributed by atoms with Crippen molar-refractivity contribution in [1.29, 1.82) is 0 Å². The van der Waals surface area contributed by atoms with Crippen LogP contribution in [0.1, 0.15) is 21.7 Å². The lowest BCUT2D eigenvalue weighted by Crippen LogP contribution is -2.26. The Morgan fingerprint density at radius 2 is 2.00 bits per heavy atom. The van der Waals surface area contributed by atoms with Gasteiger partial charge in [-0.05, 0) is 44.3 Å². The van der Waals surface area contributed by atoms with Crippen LogP contribution in [0.2, 0.25) is 10.0 Å². The highest BCUT2D eigenvalue weighted by molar-refractivity contribution is 6.36. The van der Waals surface area contributed by atoms with Crippen LogP contribution in [0.15, 0.2) is 36.4 Å². The molecule has 0 amide bonds. The van der Waals surface area contributed by atoms with Crippen molar-refractivity contribution < 1.29 is 4.79 Å². The minimum atomic E-state index is -0.0577. The van der Waals surface area contributed by atoms with E-state index in [1.165, 1.54) is 0 Å². The summed E-state index contributed by atoms with van der Waals surface area (Å²) in [4.78, 5) is 18.6. The molecule has 0 radical (unpaired) electrons. The highest BCUT2D eigenvalue weighted by Crippen LogP contribution is 2.21. The molecule has 0 fully saturated rings. The molecule has 0 unspecified atom stereocenters. The topological polar surface area (TPSA) is 33.2 Å². The van der Waals surface area contributed by atoms with E-state index >= 15 is 0 Å². The van der Waals surface area contributed by atoms with E-state index < -0.39 is 0 Å². The average Bonchev–Trinajstić information content (AvgIpc) is 2.41. The molecule has 0 aliphatic carbocycles. The van der Waals surface area contributed by atoms with Crippen molar-refractivity contribution >= 4 is 29.0 Å². The van der Waals surface area contributed by atoms with Crippen LogP contribution in [0.5, 0.6) is 0 Å². The number of aryl methyl sites for hydroxylation is 1. The second-order valence-corrected chi connectivity index (χ2v) is 5.83. The van der Waals surface area contributed by atoms with Gasteiger partial charge in [-0.3, -0.25) is 14.7 Å². The van der Waals surface area contributed by atoms with Gasteiger partial charge in [-0.25, -0.2) is 0 Å². The summed E-state index contributed by atoms with van der Waals surface area (Å²) in [7, 11) is 1.88. The maximum absolute atomic E-state index is 12.3. The number of ketones is 1. The first-order chi connectivity index (χ1) is 9.95. The molecular weight excluding hydrogens is 307 g/mol. The number of likely N-dealkylation sites (N-methyl/N-ethyl adjacent to an activating group) is 1. The number of rotatable bonds is 5. The third-order valence-electron chi connectivity index (χ3n) is 3.02. The maximum Gasteiger partial charge on any atom is 0.178 e. The van der Waals surface area contributed by atoms with E-state index in [0.29, 0.717) is 22.2 Å². The lowest BCUT2D eigenvalue weighted by Gasteiger charge is -2.16. The molecule has 0 N–H and O–H groups in total. The Morgan fingerprint density at radius 3 is 2.71 bits per heavy atom. The van der Waals surface area contributed by atoms with E-state index in [2.05, 4.69) is 4.98 Å². The summed E-state index contributed by atoms with van der Waals surface area (Å²) in [6.45, 7) is 2.81. The summed E-state index contributed by atoms with van der Waals surface area (Å²) in [5, 5.41) is 0.928. The van der Waals surface area contributed by atoms with Crippen LogP contribution in [0, 0.1) is 6.92 Å². The maximum atomic E-state index is 12.3. The Labute approximate surface area is 134 Å². The summed E-state index contributed by atoms with van der Waals surface area (Å²) in [5.74, 6) is -0.0577. The fourth-order valence-electron chi connectivity index (χ4n) is 2.06. The molecule has 0 aliphatic heterocycles. The first-order valence-electron chi connectivity index (χ1n) is 6.55. The van der Waals surface area contributed by atoms with Crippen LogP contribution in [0.3, 0.4) is 0 Å². The van der Waals surface area contributed by atoms with Crippen LogP contribution >= 0.6 is 23.2 Å². The Bertz CT molecular complexity index is 658. The molecule has 5 heteroatoms. The third kappa shape index (κ3) is 4.53. The van der Waals surface area contributed by atoms with Crippen molar-refractivity contribution in [2.24, 2.45) is 0 Å². The van der Waals surface area contributed by atoms with Crippen molar-refractivity contribution in [2.45, 2.75) is 13.5 Å². The standard InChI is InChI=1S/C16H16Cl2N2O/c1-11-4-3-5-13(19-11)9-20(2)10-16(21)14-8-12(17)6-7-15(14)18/h3-8H,9-10H2,1-2H3. The van der Waals surface area contributed by atoms with Gasteiger partial charge in [0.25, 0.3) is 0 Å². The lowest BCUT2D eigenvalue weighted by atomic mass is 10.1. The SMILES string of the molecule is Cc1cccc(CN(C)CC(=O)c2cc(Cl)ccc2Cl)n1. The molecule has 0 saturated heterocycles. The number of nitrogens with zero attached hydrogens (tertiary/aromatic N) is 2. The second-order valence-electron chi connectivity index (χ2n) is 4.99.